The first kappa shape index (κ1) is 24.2. The molecule has 2 unspecified atom stereocenters. The Morgan fingerprint density at radius 1 is 0.974 bits per heavy atom. The molecular weight excluding hydrogens is 470 g/mol. The number of nitrogens with zero attached hydrogens (tertiary/aromatic N) is 3. The number of carbonyl (C=O) groups is 1. The molecule has 0 bridgehead atoms. The minimum atomic E-state index is -0.352. The maximum absolute atomic E-state index is 11.6. The third-order valence-corrected chi connectivity index (χ3v) is 7.85. The number of hydrogen-bond acceptors (Lipinski definition) is 4. The molecule has 3 aromatic carbocycles. The summed E-state index contributed by atoms with van der Waals surface area (Å²) in [7, 11) is 3.35. The van der Waals surface area contributed by atoms with Crippen molar-refractivity contribution in [2.24, 2.45) is 7.05 Å². The molecule has 2 aliphatic rings. The number of esters is 1. The lowest BCUT2D eigenvalue weighted by Crippen LogP contribution is -2.42. The van der Waals surface area contributed by atoms with Crippen molar-refractivity contribution in [1.29, 1.82) is 0 Å². The van der Waals surface area contributed by atoms with E-state index in [1.807, 2.05) is 17.9 Å². The van der Waals surface area contributed by atoms with E-state index in [1.54, 1.807) is 6.08 Å². The number of carbonyl (C=O) groups excluding carboxylic acids is 1. The van der Waals surface area contributed by atoms with Gasteiger partial charge in [-0.3, -0.25) is 4.68 Å². The average Bonchev–Trinajstić information content (AvgIpc) is 3.71. The van der Waals surface area contributed by atoms with Crippen molar-refractivity contribution in [3.8, 4) is 11.1 Å². The van der Waals surface area contributed by atoms with Crippen LogP contribution in [0, 0.1) is 0 Å². The minimum Gasteiger partial charge on any atom is -0.466 e. The Morgan fingerprint density at radius 3 is 2.37 bits per heavy atom. The summed E-state index contributed by atoms with van der Waals surface area (Å²) in [6.07, 6.45) is 10.9. The van der Waals surface area contributed by atoms with Crippen molar-refractivity contribution >= 4 is 17.7 Å². The predicted octanol–water partition coefficient (Wildman–Crippen LogP) is 6.69. The normalized spacial score (nSPS) is 19.0. The molecule has 6 rings (SSSR count). The molecule has 0 saturated heterocycles. The van der Waals surface area contributed by atoms with E-state index in [0.29, 0.717) is 6.04 Å². The van der Waals surface area contributed by atoms with Crippen molar-refractivity contribution in [2.45, 2.75) is 44.2 Å². The highest BCUT2D eigenvalue weighted by molar-refractivity contribution is 5.86. The first-order valence-electron chi connectivity index (χ1n) is 13.4. The van der Waals surface area contributed by atoms with Crippen LogP contribution >= 0.6 is 0 Å². The van der Waals surface area contributed by atoms with Gasteiger partial charge in [0.05, 0.1) is 19.3 Å². The van der Waals surface area contributed by atoms with Crippen LogP contribution in [-0.2, 0) is 23.0 Å². The van der Waals surface area contributed by atoms with Gasteiger partial charge in [0, 0.05) is 36.6 Å². The zero-order valence-electron chi connectivity index (χ0n) is 22.2. The van der Waals surface area contributed by atoms with Crippen LogP contribution in [0.3, 0.4) is 0 Å². The molecule has 1 saturated carbocycles. The van der Waals surface area contributed by atoms with E-state index < -0.39 is 0 Å². The topological polar surface area (TPSA) is 47.4 Å². The SMILES string of the molecule is COC(=O)/C=C/c1ccc(C2c3ccc(-c4cnn(C)c4)cc3CC(C)N2c2ccc(C3CC3)cc2)cc1. The van der Waals surface area contributed by atoms with Crippen molar-refractivity contribution < 1.29 is 9.53 Å². The van der Waals surface area contributed by atoms with Crippen LogP contribution in [0.15, 0.2) is 85.2 Å². The zero-order valence-corrected chi connectivity index (χ0v) is 22.2. The van der Waals surface area contributed by atoms with E-state index in [9.17, 15) is 4.79 Å². The fourth-order valence-electron chi connectivity index (χ4n) is 5.72. The predicted molar refractivity (Wildman–Crippen MR) is 152 cm³/mol. The molecule has 1 aliphatic heterocycles. The molecule has 0 radical (unpaired) electrons. The number of benzene rings is 3. The maximum atomic E-state index is 11.6. The molecule has 1 aromatic heterocycles. The fraction of sp³-hybridized carbons (Fsp3) is 0.273. The van der Waals surface area contributed by atoms with Gasteiger partial charge in [-0.1, -0.05) is 54.6 Å². The van der Waals surface area contributed by atoms with Crippen LogP contribution in [0.4, 0.5) is 5.69 Å². The lowest BCUT2D eigenvalue weighted by Gasteiger charge is -2.44. The van der Waals surface area contributed by atoms with Crippen LogP contribution in [0.5, 0.6) is 0 Å². The molecule has 2 heterocycles. The lowest BCUT2D eigenvalue weighted by atomic mass is 9.83. The smallest absolute Gasteiger partial charge is 0.330 e. The second-order valence-electron chi connectivity index (χ2n) is 10.6. The van der Waals surface area contributed by atoms with Crippen molar-refractivity contribution in [3.05, 3.63) is 113 Å². The molecule has 5 heteroatoms. The number of methoxy groups -OCH3 is 1. The van der Waals surface area contributed by atoms with E-state index in [-0.39, 0.29) is 12.0 Å². The van der Waals surface area contributed by atoms with E-state index in [1.165, 1.54) is 59.5 Å². The number of aromatic nitrogens is 2. The van der Waals surface area contributed by atoms with Crippen LogP contribution in [0.2, 0.25) is 0 Å². The van der Waals surface area contributed by atoms with Crippen molar-refractivity contribution in [2.75, 3.05) is 12.0 Å². The molecule has 2 atom stereocenters. The van der Waals surface area contributed by atoms with Crippen LogP contribution in [0.25, 0.3) is 17.2 Å². The highest BCUT2D eigenvalue weighted by Gasteiger charge is 2.34. The number of hydrogen-bond donors (Lipinski definition) is 0. The third-order valence-electron chi connectivity index (χ3n) is 7.85. The van der Waals surface area contributed by atoms with Gasteiger partial charge in [-0.05, 0) is 83.7 Å². The highest BCUT2D eigenvalue weighted by atomic mass is 16.5. The van der Waals surface area contributed by atoms with E-state index >= 15 is 0 Å². The van der Waals surface area contributed by atoms with Crippen molar-refractivity contribution in [3.63, 3.8) is 0 Å². The van der Waals surface area contributed by atoms with Gasteiger partial charge < -0.3 is 9.64 Å². The van der Waals surface area contributed by atoms with Crippen LogP contribution in [-0.4, -0.2) is 28.9 Å². The molecule has 0 spiro atoms. The summed E-state index contributed by atoms with van der Waals surface area (Å²) in [5.74, 6) is 0.394. The summed E-state index contributed by atoms with van der Waals surface area (Å²) in [4.78, 5) is 14.1. The number of rotatable bonds is 6. The molecule has 0 N–H and O–H groups in total. The number of anilines is 1. The van der Waals surface area contributed by atoms with Crippen LogP contribution < -0.4 is 4.90 Å². The lowest BCUT2D eigenvalue weighted by molar-refractivity contribution is -0.134. The summed E-state index contributed by atoms with van der Waals surface area (Å²) >= 11 is 0. The zero-order chi connectivity index (χ0) is 26.2. The monoisotopic (exact) mass is 503 g/mol. The van der Waals surface area contributed by atoms with Gasteiger partial charge in [0.15, 0.2) is 0 Å². The molecule has 1 aliphatic carbocycles. The largest absolute Gasteiger partial charge is 0.466 e. The Morgan fingerprint density at radius 2 is 1.71 bits per heavy atom. The second-order valence-corrected chi connectivity index (χ2v) is 10.6. The standard InChI is InChI=1S/C33H33N3O2/c1-22-18-28-19-27(29-20-34-35(2)21-29)13-16-31(28)33(26-7-4-23(5-8-26)6-17-32(37)38-3)36(22)30-14-11-25(12-15-30)24-9-10-24/h4-8,11-17,19-22,24,33H,9-10,18H2,1-3H3/b17-6+. The summed E-state index contributed by atoms with van der Waals surface area (Å²) in [5, 5.41) is 4.37. The minimum absolute atomic E-state index is 0.0853. The maximum Gasteiger partial charge on any atom is 0.330 e. The Kier molecular flexibility index (Phi) is 6.36. The Hall–Kier alpha value is -4.12. The Balaban J connectivity index is 1.41. The molecular formula is C33H33N3O2. The fourth-order valence-corrected chi connectivity index (χ4v) is 5.72. The van der Waals surface area contributed by atoms with Gasteiger partial charge in [0.2, 0.25) is 0 Å². The molecule has 38 heavy (non-hydrogen) atoms. The third kappa shape index (κ3) is 4.76. The molecule has 4 aromatic rings. The number of fused-ring (bicyclic) bond motifs is 1. The quantitative estimate of drug-likeness (QED) is 0.217. The Labute approximate surface area is 224 Å². The van der Waals surface area contributed by atoms with E-state index in [4.69, 9.17) is 4.74 Å². The molecule has 192 valence electrons. The van der Waals surface area contributed by atoms with Gasteiger partial charge in [-0.2, -0.15) is 5.10 Å². The van der Waals surface area contributed by atoms with E-state index in [2.05, 4.69) is 89.8 Å². The average molecular weight is 504 g/mol. The van der Waals surface area contributed by atoms with Gasteiger partial charge in [-0.25, -0.2) is 4.79 Å². The van der Waals surface area contributed by atoms with Gasteiger partial charge in [0.1, 0.15) is 0 Å². The second kappa shape index (κ2) is 9.97. The summed E-state index contributed by atoms with van der Waals surface area (Å²) in [5.41, 5.74) is 9.96. The van der Waals surface area contributed by atoms with E-state index in [0.717, 1.165) is 23.5 Å². The Bertz CT molecular complexity index is 1480. The molecule has 0 amide bonds. The van der Waals surface area contributed by atoms with Crippen LogP contribution in [0.1, 0.15) is 59.5 Å². The van der Waals surface area contributed by atoms with Gasteiger partial charge >= 0.3 is 5.97 Å². The summed E-state index contributed by atoms with van der Waals surface area (Å²) in [6.45, 7) is 2.33. The number of aryl methyl sites for hydroxylation is 1. The summed E-state index contributed by atoms with van der Waals surface area (Å²) in [6, 6.07) is 25.0. The highest BCUT2D eigenvalue weighted by Crippen LogP contribution is 2.44. The molecule has 5 nitrogen and oxygen atoms in total. The van der Waals surface area contributed by atoms with Crippen molar-refractivity contribution in [1.82, 2.24) is 9.78 Å². The van der Waals surface area contributed by atoms with Gasteiger partial charge in [-0.15, -0.1) is 0 Å². The first-order chi connectivity index (χ1) is 18.5. The summed E-state index contributed by atoms with van der Waals surface area (Å²) < 4.78 is 6.59. The first-order valence-corrected chi connectivity index (χ1v) is 13.4. The number of ether oxygens (including phenoxy) is 1. The molecule has 1 fully saturated rings. The van der Waals surface area contributed by atoms with Gasteiger partial charge in [0.25, 0.3) is 0 Å².